The number of aliphatic imine (C=N–C) groups is 1. The molecule has 1 aromatic carbocycles. The van der Waals surface area contributed by atoms with Crippen LogP contribution in [0.25, 0.3) is 0 Å². The lowest BCUT2D eigenvalue weighted by molar-refractivity contribution is -0.140. The Labute approximate surface area is 114 Å². The zero-order chi connectivity index (χ0) is 14.0. The smallest absolute Gasteiger partial charge is 0.319 e. The first-order valence-electron chi connectivity index (χ1n) is 5.64. The van der Waals surface area contributed by atoms with E-state index in [4.69, 9.17) is 11.5 Å². The van der Waals surface area contributed by atoms with Gasteiger partial charge in [0.1, 0.15) is 11.1 Å². The molecule has 7 heteroatoms. The van der Waals surface area contributed by atoms with Crippen LogP contribution in [-0.4, -0.2) is 23.5 Å². The summed E-state index contributed by atoms with van der Waals surface area (Å²) in [7, 11) is 1.31. The maximum atomic E-state index is 13.8. The largest absolute Gasteiger partial charge is 0.468 e. The van der Waals surface area contributed by atoms with Gasteiger partial charge in [-0.3, -0.25) is 9.79 Å². The summed E-state index contributed by atoms with van der Waals surface area (Å²) in [5, 5.41) is -0.234. The van der Waals surface area contributed by atoms with Gasteiger partial charge in [-0.2, -0.15) is 0 Å². The van der Waals surface area contributed by atoms with Crippen molar-refractivity contribution in [3.63, 3.8) is 0 Å². The van der Waals surface area contributed by atoms with Gasteiger partial charge in [0.15, 0.2) is 5.17 Å². The van der Waals surface area contributed by atoms with Gasteiger partial charge < -0.3 is 16.2 Å². The van der Waals surface area contributed by atoms with Crippen molar-refractivity contribution >= 4 is 28.6 Å². The second kappa shape index (κ2) is 5.48. The number of thioether (sulfide) groups is 1. The molecular formula is C12H14FN3O2S. The summed E-state index contributed by atoms with van der Waals surface area (Å²) >= 11 is 1.13. The van der Waals surface area contributed by atoms with Gasteiger partial charge >= 0.3 is 5.97 Å². The lowest BCUT2D eigenvalue weighted by Crippen LogP contribution is -2.29. The minimum atomic E-state index is -0.520. The van der Waals surface area contributed by atoms with Gasteiger partial charge in [0.25, 0.3) is 0 Å². The van der Waals surface area contributed by atoms with Crippen LogP contribution in [0.4, 0.5) is 10.1 Å². The van der Waals surface area contributed by atoms with Crippen LogP contribution in [0.1, 0.15) is 18.0 Å². The predicted octanol–water partition coefficient (Wildman–Crippen LogP) is 1.44. The van der Waals surface area contributed by atoms with Crippen molar-refractivity contribution in [1.82, 2.24) is 0 Å². The number of nitrogens with two attached hydrogens (primary N) is 2. The zero-order valence-electron chi connectivity index (χ0n) is 10.3. The third kappa shape index (κ3) is 2.98. The fraction of sp³-hybridized carbons (Fsp3) is 0.333. The summed E-state index contributed by atoms with van der Waals surface area (Å²) in [6.45, 7) is 0. The number of anilines is 1. The average molecular weight is 283 g/mol. The Morgan fingerprint density at radius 1 is 1.53 bits per heavy atom. The van der Waals surface area contributed by atoms with Gasteiger partial charge in [-0.05, 0) is 24.6 Å². The predicted molar refractivity (Wildman–Crippen MR) is 73.2 cm³/mol. The van der Waals surface area contributed by atoms with Crippen molar-refractivity contribution < 1.29 is 13.9 Å². The topological polar surface area (TPSA) is 90.7 Å². The second-order valence-corrected chi connectivity index (χ2v) is 5.35. The van der Waals surface area contributed by atoms with Crippen molar-refractivity contribution in [2.75, 3.05) is 12.8 Å². The fourth-order valence-electron chi connectivity index (χ4n) is 1.92. The summed E-state index contributed by atoms with van der Waals surface area (Å²) in [5.41, 5.74) is 12.1. The zero-order valence-corrected chi connectivity index (χ0v) is 11.1. The normalized spacial score (nSPS) is 22.7. The van der Waals surface area contributed by atoms with Gasteiger partial charge in [-0.15, -0.1) is 0 Å². The number of amidine groups is 1. The first kappa shape index (κ1) is 13.7. The van der Waals surface area contributed by atoms with E-state index in [0.29, 0.717) is 17.7 Å². The third-order valence-corrected chi connectivity index (χ3v) is 3.84. The Hall–Kier alpha value is -1.76. The quantitative estimate of drug-likeness (QED) is 0.633. The van der Waals surface area contributed by atoms with Gasteiger partial charge in [-0.1, -0.05) is 11.8 Å². The molecule has 0 amide bonds. The van der Waals surface area contributed by atoms with E-state index in [0.717, 1.165) is 11.8 Å². The van der Waals surface area contributed by atoms with Gasteiger partial charge in [0.05, 0.1) is 13.2 Å². The Balaban J connectivity index is 2.31. The minimum Gasteiger partial charge on any atom is -0.468 e. The summed E-state index contributed by atoms with van der Waals surface area (Å²) in [5.74, 6) is -0.802. The van der Waals surface area contributed by atoms with Crippen LogP contribution in [0.3, 0.4) is 0 Å². The molecule has 0 aliphatic carbocycles. The van der Waals surface area contributed by atoms with Crippen LogP contribution in [-0.2, 0) is 9.53 Å². The molecule has 0 bridgehead atoms. The molecule has 0 saturated carbocycles. The maximum absolute atomic E-state index is 13.8. The van der Waals surface area contributed by atoms with Crippen LogP contribution in [0.2, 0.25) is 0 Å². The van der Waals surface area contributed by atoms with Crippen molar-refractivity contribution in [3.8, 4) is 0 Å². The third-order valence-electron chi connectivity index (χ3n) is 2.83. The minimum absolute atomic E-state index is 0.244. The van der Waals surface area contributed by atoms with E-state index < -0.39 is 23.1 Å². The van der Waals surface area contributed by atoms with Crippen LogP contribution < -0.4 is 11.5 Å². The van der Waals surface area contributed by atoms with E-state index in [1.807, 2.05) is 0 Å². The number of nitrogens with zero attached hydrogens (tertiary/aromatic N) is 1. The van der Waals surface area contributed by atoms with E-state index >= 15 is 0 Å². The molecule has 1 aliphatic rings. The number of rotatable bonds is 2. The van der Waals surface area contributed by atoms with Gasteiger partial charge in [-0.25, -0.2) is 4.39 Å². The number of hydrogen-bond acceptors (Lipinski definition) is 6. The molecule has 1 aromatic rings. The lowest BCUT2D eigenvalue weighted by atomic mass is 10.0. The molecule has 1 aliphatic heterocycles. The van der Waals surface area contributed by atoms with Crippen molar-refractivity contribution in [2.45, 2.75) is 17.7 Å². The summed E-state index contributed by atoms with van der Waals surface area (Å²) < 4.78 is 18.5. The van der Waals surface area contributed by atoms with Crippen LogP contribution in [0.5, 0.6) is 0 Å². The summed E-state index contributed by atoms with van der Waals surface area (Å²) in [6.07, 6.45) is 0.332. The number of esters is 1. The Morgan fingerprint density at radius 3 is 2.95 bits per heavy atom. The molecule has 4 N–H and O–H groups in total. The molecule has 1 heterocycles. The molecule has 2 unspecified atom stereocenters. The highest BCUT2D eigenvalue weighted by Crippen LogP contribution is 2.35. The summed E-state index contributed by atoms with van der Waals surface area (Å²) in [4.78, 5) is 15.7. The molecule has 5 nitrogen and oxygen atoms in total. The Bertz CT molecular complexity index is 536. The first-order valence-corrected chi connectivity index (χ1v) is 6.52. The SMILES string of the molecule is COC(=O)C1CC(c2cc(N)ccc2F)N=C(N)S1. The number of hydrogen-bond donors (Lipinski definition) is 2. The highest BCUT2D eigenvalue weighted by molar-refractivity contribution is 8.14. The molecule has 2 rings (SSSR count). The lowest BCUT2D eigenvalue weighted by Gasteiger charge is -2.24. The number of carbonyl (C=O) groups excluding carboxylic acids is 1. The fourth-order valence-corrected chi connectivity index (χ4v) is 2.87. The van der Waals surface area contributed by atoms with Crippen molar-refractivity contribution in [2.24, 2.45) is 10.7 Å². The van der Waals surface area contributed by atoms with Gasteiger partial charge in [0, 0.05) is 11.3 Å². The van der Waals surface area contributed by atoms with E-state index in [-0.39, 0.29) is 5.17 Å². The van der Waals surface area contributed by atoms with Crippen LogP contribution in [0, 0.1) is 5.82 Å². The molecular weight excluding hydrogens is 269 g/mol. The molecule has 0 aromatic heterocycles. The molecule has 0 saturated heterocycles. The molecule has 0 radical (unpaired) electrons. The van der Waals surface area contributed by atoms with E-state index in [2.05, 4.69) is 9.73 Å². The van der Waals surface area contributed by atoms with Crippen molar-refractivity contribution in [3.05, 3.63) is 29.6 Å². The highest BCUT2D eigenvalue weighted by atomic mass is 32.2. The molecule has 19 heavy (non-hydrogen) atoms. The average Bonchev–Trinajstić information content (AvgIpc) is 2.39. The molecule has 0 spiro atoms. The van der Waals surface area contributed by atoms with Gasteiger partial charge in [0.2, 0.25) is 0 Å². The number of halogens is 1. The van der Waals surface area contributed by atoms with E-state index in [1.54, 1.807) is 0 Å². The summed E-state index contributed by atoms with van der Waals surface area (Å²) in [6, 6.07) is 3.75. The Morgan fingerprint density at radius 2 is 2.26 bits per heavy atom. The molecule has 102 valence electrons. The monoisotopic (exact) mass is 283 g/mol. The molecule has 0 fully saturated rings. The first-order chi connectivity index (χ1) is 9.01. The molecule has 2 atom stereocenters. The Kier molecular flexibility index (Phi) is 3.94. The number of ether oxygens (including phenoxy) is 1. The number of benzene rings is 1. The maximum Gasteiger partial charge on any atom is 0.319 e. The van der Waals surface area contributed by atoms with Crippen LogP contribution >= 0.6 is 11.8 Å². The van der Waals surface area contributed by atoms with Crippen molar-refractivity contribution in [1.29, 1.82) is 0 Å². The highest BCUT2D eigenvalue weighted by Gasteiger charge is 2.31. The number of methoxy groups -OCH3 is 1. The second-order valence-electron chi connectivity index (χ2n) is 4.13. The van der Waals surface area contributed by atoms with Crippen LogP contribution in [0.15, 0.2) is 23.2 Å². The standard InChI is InChI=1S/C12H14FN3O2S/c1-18-11(17)10-5-9(16-12(15)19-10)7-4-6(14)2-3-8(7)13/h2-4,9-10H,5,14H2,1H3,(H2,15,16). The number of nitrogen functional groups attached to an aromatic ring is 1. The van der Waals surface area contributed by atoms with E-state index in [1.165, 1.54) is 25.3 Å². The van der Waals surface area contributed by atoms with E-state index in [9.17, 15) is 9.18 Å². The number of carbonyl (C=O) groups is 1.